The number of primary amides is 1. The summed E-state index contributed by atoms with van der Waals surface area (Å²) in [6, 6.07) is -4.09. The third-order valence-electron chi connectivity index (χ3n) is 19.4. The number of carbonyl (C=O) groups excluding carboxylic acids is 14. The summed E-state index contributed by atoms with van der Waals surface area (Å²) in [5.74, 6) is -14.8. The number of carboxylic acids is 1. The van der Waals surface area contributed by atoms with E-state index in [0.29, 0.717) is 63.8 Å². The second kappa shape index (κ2) is 43.7. The largest absolute Gasteiger partial charge is 0.508 e. The predicted molar refractivity (Wildman–Crippen MR) is 410 cm³/mol. The Morgan fingerprint density at radius 1 is 0.549 bits per heavy atom. The number of hydrogen-bond donors (Lipinski definition) is 19. The van der Waals surface area contributed by atoms with Crippen LogP contribution in [0, 0.1) is 17.8 Å². The van der Waals surface area contributed by atoms with Gasteiger partial charge in [-0.3, -0.25) is 62.3 Å². The molecule has 2 saturated heterocycles. The maximum atomic E-state index is 14.6. The summed E-state index contributed by atoms with van der Waals surface area (Å²) in [6.07, 6.45) is 9.55. The van der Waals surface area contributed by atoms with E-state index < -0.39 is 194 Å². The molecular formula is C76H108N18O19. The van der Waals surface area contributed by atoms with Crippen molar-refractivity contribution in [2.45, 2.75) is 212 Å². The number of cyclic esters (lactones) is 1. The molecule has 2 aromatic carbocycles. The minimum absolute atomic E-state index is 0.0116. The van der Waals surface area contributed by atoms with Crippen LogP contribution in [-0.4, -0.2) is 223 Å². The number of urea groups is 1. The van der Waals surface area contributed by atoms with E-state index in [9.17, 15) is 87.2 Å². The molecule has 0 radical (unpaired) electrons. The summed E-state index contributed by atoms with van der Waals surface area (Å²) < 4.78 is 5.85. The highest BCUT2D eigenvalue weighted by Crippen LogP contribution is 2.27. The number of hydrogen-bond acceptors (Lipinski definition) is 19. The topological polar surface area (TPSA) is 560 Å². The van der Waals surface area contributed by atoms with Crippen molar-refractivity contribution in [3.05, 3.63) is 78.1 Å². The number of phenolic OH excluding ortho intramolecular Hbond substituents is 2. The number of aromatic nitrogens is 4. The summed E-state index contributed by atoms with van der Waals surface area (Å²) in [4.78, 5) is 223. The summed E-state index contributed by atoms with van der Waals surface area (Å²) in [7, 11) is 0. The van der Waals surface area contributed by atoms with Crippen LogP contribution in [0.25, 0.3) is 21.8 Å². The van der Waals surface area contributed by atoms with E-state index in [-0.39, 0.29) is 69.5 Å². The average molecular weight is 1580 g/mol. The van der Waals surface area contributed by atoms with Crippen LogP contribution in [0.4, 0.5) is 4.79 Å². The van der Waals surface area contributed by atoms with Gasteiger partial charge in [0.15, 0.2) is 0 Å². The van der Waals surface area contributed by atoms with E-state index in [0.717, 1.165) is 38.5 Å². The number of nitrogens with zero attached hydrogens (tertiary/aromatic N) is 2. The van der Waals surface area contributed by atoms with Crippen LogP contribution in [0.1, 0.15) is 155 Å². The lowest BCUT2D eigenvalue weighted by molar-refractivity contribution is -0.157. The third kappa shape index (κ3) is 28.5. The fourth-order valence-electron chi connectivity index (χ4n) is 13.4. The van der Waals surface area contributed by atoms with E-state index in [1.54, 1.807) is 26.0 Å². The van der Waals surface area contributed by atoms with Crippen molar-refractivity contribution in [3.8, 4) is 11.5 Å². The lowest BCUT2D eigenvalue weighted by Crippen LogP contribution is -2.59. The van der Waals surface area contributed by atoms with Gasteiger partial charge in [0.2, 0.25) is 70.9 Å². The number of carboxylic acid groups (broad SMARTS) is 1. The fourth-order valence-corrected chi connectivity index (χ4v) is 13.4. The molecule has 0 spiro atoms. The summed E-state index contributed by atoms with van der Waals surface area (Å²) in [5.41, 5.74) is 7.44. The molecule has 616 valence electrons. The van der Waals surface area contributed by atoms with E-state index in [1.165, 1.54) is 67.9 Å². The maximum Gasteiger partial charge on any atom is 0.329 e. The van der Waals surface area contributed by atoms with E-state index in [1.807, 2.05) is 0 Å². The molecule has 37 nitrogen and oxygen atoms in total. The Labute approximate surface area is 652 Å². The van der Waals surface area contributed by atoms with Gasteiger partial charge in [-0.05, 0) is 104 Å². The van der Waals surface area contributed by atoms with Gasteiger partial charge in [-0.25, -0.2) is 14.6 Å². The molecule has 5 aromatic rings. The van der Waals surface area contributed by atoms with Gasteiger partial charge in [-0.15, -0.1) is 0 Å². The number of amides is 14. The minimum atomic E-state index is -1.90. The van der Waals surface area contributed by atoms with Crippen LogP contribution in [0.3, 0.4) is 0 Å². The van der Waals surface area contributed by atoms with Crippen molar-refractivity contribution in [2.24, 2.45) is 23.5 Å². The molecule has 0 bridgehead atoms. The molecule has 37 heteroatoms. The monoisotopic (exact) mass is 1580 g/mol. The number of unbranched alkanes of at least 4 members (excludes halogenated alkanes) is 6. The molecule has 5 heterocycles. The number of rotatable bonds is 24. The maximum absolute atomic E-state index is 14.6. The summed E-state index contributed by atoms with van der Waals surface area (Å²) in [6.45, 7) is 7.43. The SMILES string of the molecule is CC(C)CCCCCCCCCC1CC(=O)NCC(=O)NC(Cc2c[nH]cn2)C(=O)NC(C(C)C)C(=O)N2CCCC2C(=O)NCC(=O)NC(CCCNC(N)=O)C(=O)NC(Cc2c[nH]c3ccc(O)cc23)C(=O)NCC(=O)NC(Cc2c[nH]c3ccc(O)cc23)C(=O)NCC(=O)NC(C(C)C)C(=O)NC(CC(=O)O)C(=O)O1. The first-order chi connectivity index (χ1) is 53.8. The number of H-pyrrole nitrogens is 3. The summed E-state index contributed by atoms with van der Waals surface area (Å²) in [5, 5.41) is 62.2. The standard InChI is InChI=1S/C76H108N18O19/c1-41(2)16-12-10-8-7-9-11-13-17-49-31-60(97)82-36-61(98)89-57(28-46-35-78-40-86-46)71(107)93-67(43(5)6)74(110)94-25-15-19-59(94)72(108)85-38-62(99)87-54(18-14-24-79-76(77)112)70(106)90-56(27-45-34-81-53-23-21-48(96)30-51(45)53)69(105)83-37-63(100)88-55(26-44-33-80-52-22-20-47(95)29-50(44)52)68(104)84-39-64(101)92-66(42(3)4)73(109)91-58(32-65(102)103)75(111)113-49/h20-23,29-30,33-35,40-43,49,54-59,66-67,80-81,95-96H,7-19,24-28,31-32,36-39H2,1-6H3,(H,78,86)(H,82,97)(H,83,105)(H,84,104)(H,85,108)(H,87,99)(H,88,100)(H,89,98)(H,90,106)(H,91,109)(H,92,101)(H,93,107)(H,102,103)(H3,77,79,112). The van der Waals surface area contributed by atoms with Gasteiger partial charge >= 0.3 is 18.0 Å². The highest BCUT2D eigenvalue weighted by atomic mass is 16.5. The molecule has 2 aliphatic heterocycles. The molecule has 3 aromatic heterocycles. The number of phenols is 2. The zero-order valence-electron chi connectivity index (χ0n) is 64.5. The number of aliphatic carboxylic acids is 1. The number of imidazole rings is 1. The van der Waals surface area contributed by atoms with Crippen molar-refractivity contribution >= 4 is 111 Å². The Kier molecular flexibility index (Phi) is 34.2. The molecule has 0 aliphatic carbocycles. The zero-order chi connectivity index (χ0) is 82.4. The number of aromatic amines is 3. The van der Waals surface area contributed by atoms with E-state index in [4.69, 9.17) is 10.5 Å². The Balaban J connectivity index is 1.19. The lowest BCUT2D eigenvalue weighted by atomic mass is 10.0. The van der Waals surface area contributed by atoms with Gasteiger partial charge in [0.25, 0.3) is 0 Å². The van der Waals surface area contributed by atoms with Gasteiger partial charge in [-0.1, -0.05) is 86.5 Å². The second-order valence-corrected chi connectivity index (χ2v) is 29.6. The number of nitrogens with one attached hydrogen (secondary N) is 15. The van der Waals surface area contributed by atoms with Crippen molar-refractivity contribution in [1.29, 1.82) is 0 Å². The molecular weight excluding hydrogens is 1470 g/mol. The Morgan fingerprint density at radius 2 is 1.06 bits per heavy atom. The first-order valence-electron chi connectivity index (χ1n) is 38.3. The first-order valence-corrected chi connectivity index (χ1v) is 38.3. The first kappa shape index (κ1) is 88.4. The van der Waals surface area contributed by atoms with Crippen molar-refractivity contribution < 1.29 is 92.0 Å². The number of fused-ring (bicyclic) bond motifs is 3. The van der Waals surface area contributed by atoms with E-state index >= 15 is 0 Å². The quantitative estimate of drug-likeness (QED) is 0.0293. The molecule has 2 fully saturated rings. The molecule has 9 atom stereocenters. The summed E-state index contributed by atoms with van der Waals surface area (Å²) >= 11 is 0. The van der Waals surface area contributed by atoms with Crippen LogP contribution >= 0.6 is 0 Å². The molecule has 0 saturated carbocycles. The van der Waals surface area contributed by atoms with Gasteiger partial charge in [0.1, 0.15) is 65.9 Å². The molecule has 14 amide bonds. The highest BCUT2D eigenvalue weighted by Gasteiger charge is 2.41. The Hall–Kier alpha value is -11.8. The molecule has 9 unspecified atom stereocenters. The van der Waals surface area contributed by atoms with Crippen LogP contribution in [0.5, 0.6) is 11.5 Å². The molecule has 2 aliphatic rings. The van der Waals surface area contributed by atoms with Gasteiger partial charge < -0.3 is 109 Å². The van der Waals surface area contributed by atoms with Crippen molar-refractivity contribution in [2.75, 3.05) is 39.3 Å². The van der Waals surface area contributed by atoms with Gasteiger partial charge in [0, 0.05) is 72.7 Å². The van der Waals surface area contributed by atoms with E-state index in [2.05, 4.69) is 97.6 Å². The third-order valence-corrected chi connectivity index (χ3v) is 19.4. The van der Waals surface area contributed by atoms with Crippen LogP contribution in [-0.2, 0) is 91.1 Å². The molecule has 7 rings (SSSR count). The lowest BCUT2D eigenvalue weighted by Gasteiger charge is -2.31. The number of nitrogens with two attached hydrogens (primary N) is 1. The number of ether oxygens (including phenoxy) is 1. The number of benzene rings is 2. The number of aromatic hydroxyl groups is 2. The Bertz CT molecular complexity index is 4160. The smallest absolute Gasteiger partial charge is 0.329 e. The number of esters is 1. The highest BCUT2D eigenvalue weighted by molar-refractivity contribution is 6.00. The van der Waals surface area contributed by atoms with Crippen LogP contribution in [0.2, 0.25) is 0 Å². The Morgan fingerprint density at radius 3 is 1.61 bits per heavy atom. The molecule has 113 heavy (non-hydrogen) atoms. The normalized spacial score (nSPS) is 22.2. The molecule has 20 N–H and O–H groups in total. The number of carbonyl (C=O) groups is 15. The van der Waals surface area contributed by atoms with Crippen LogP contribution in [0.15, 0.2) is 61.3 Å². The minimum Gasteiger partial charge on any atom is -0.508 e. The van der Waals surface area contributed by atoms with Crippen molar-refractivity contribution in [1.82, 2.24) is 88.6 Å². The average Bonchev–Trinajstić information content (AvgIpc) is 1.61. The van der Waals surface area contributed by atoms with Gasteiger partial charge in [0.05, 0.1) is 51.0 Å². The van der Waals surface area contributed by atoms with Crippen molar-refractivity contribution in [3.63, 3.8) is 0 Å². The van der Waals surface area contributed by atoms with Crippen LogP contribution < -0.4 is 69.5 Å². The second-order valence-electron chi connectivity index (χ2n) is 29.6. The van der Waals surface area contributed by atoms with Gasteiger partial charge in [-0.2, -0.15) is 0 Å². The zero-order valence-corrected chi connectivity index (χ0v) is 64.5. The predicted octanol–water partition coefficient (Wildman–Crippen LogP) is 0.378. The fraction of sp³-hybridized carbons (Fsp3) is 0.553.